The van der Waals surface area contributed by atoms with Crippen LogP contribution in [0.3, 0.4) is 0 Å². The number of pyridine rings is 1. The van der Waals surface area contributed by atoms with Crippen LogP contribution in [0.15, 0.2) is 23.7 Å². The Balaban J connectivity index is 2.17. The van der Waals surface area contributed by atoms with Gasteiger partial charge in [-0.1, -0.05) is 19.8 Å². The number of hydrogen-bond acceptors (Lipinski definition) is 3. The lowest BCUT2D eigenvalue weighted by Crippen LogP contribution is -2.34. The third-order valence-electron chi connectivity index (χ3n) is 3.10. The molecule has 0 aliphatic carbocycles. The second kappa shape index (κ2) is 5.51. The SMILES string of the molecule is C#CC(NC(C)c1cnc2ccsc2c1)C(C)C. The minimum Gasteiger partial charge on any atom is -0.297 e. The maximum absolute atomic E-state index is 5.55. The summed E-state index contributed by atoms with van der Waals surface area (Å²) in [6.07, 6.45) is 7.48. The Morgan fingerprint density at radius 2 is 2.17 bits per heavy atom. The van der Waals surface area contributed by atoms with Crippen LogP contribution in [0.4, 0.5) is 0 Å². The molecule has 2 atom stereocenters. The molecule has 2 heterocycles. The van der Waals surface area contributed by atoms with E-state index in [0.717, 1.165) is 5.52 Å². The molecule has 0 saturated carbocycles. The average Bonchev–Trinajstić information content (AvgIpc) is 2.82. The predicted molar refractivity (Wildman–Crippen MR) is 78.6 cm³/mol. The number of rotatable bonds is 4. The van der Waals surface area contributed by atoms with Crippen LogP contribution < -0.4 is 5.32 Å². The molecule has 2 aromatic rings. The highest BCUT2D eigenvalue weighted by atomic mass is 32.1. The van der Waals surface area contributed by atoms with Gasteiger partial charge in [0, 0.05) is 12.2 Å². The highest BCUT2D eigenvalue weighted by molar-refractivity contribution is 7.17. The summed E-state index contributed by atoms with van der Waals surface area (Å²) in [5.41, 5.74) is 2.25. The van der Waals surface area contributed by atoms with Crippen molar-refractivity contribution in [1.82, 2.24) is 10.3 Å². The molecule has 0 aliphatic heterocycles. The lowest BCUT2D eigenvalue weighted by Gasteiger charge is -2.22. The first-order valence-corrected chi connectivity index (χ1v) is 7.05. The summed E-state index contributed by atoms with van der Waals surface area (Å²) in [5, 5.41) is 5.54. The summed E-state index contributed by atoms with van der Waals surface area (Å²) < 4.78 is 1.22. The van der Waals surface area contributed by atoms with Crippen molar-refractivity contribution in [2.24, 2.45) is 5.92 Å². The molecule has 0 aliphatic rings. The summed E-state index contributed by atoms with van der Waals surface area (Å²) in [7, 11) is 0. The number of terminal acetylenes is 1. The van der Waals surface area contributed by atoms with Gasteiger partial charge in [-0.2, -0.15) is 0 Å². The van der Waals surface area contributed by atoms with Gasteiger partial charge in [0.15, 0.2) is 0 Å². The summed E-state index contributed by atoms with van der Waals surface area (Å²) >= 11 is 1.72. The molecule has 2 aromatic heterocycles. The number of nitrogens with one attached hydrogen (secondary N) is 1. The van der Waals surface area contributed by atoms with Gasteiger partial charge in [-0.3, -0.25) is 10.3 Å². The molecule has 2 unspecified atom stereocenters. The summed E-state index contributed by atoms with van der Waals surface area (Å²) in [4.78, 5) is 4.46. The fourth-order valence-electron chi connectivity index (χ4n) is 1.90. The number of fused-ring (bicyclic) bond motifs is 1. The molecular weight excluding hydrogens is 240 g/mol. The Morgan fingerprint density at radius 1 is 1.39 bits per heavy atom. The molecule has 0 fully saturated rings. The van der Waals surface area contributed by atoms with E-state index in [0.29, 0.717) is 5.92 Å². The minimum atomic E-state index is 0.0963. The van der Waals surface area contributed by atoms with Gasteiger partial charge >= 0.3 is 0 Å². The Morgan fingerprint density at radius 3 is 2.83 bits per heavy atom. The van der Waals surface area contributed by atoms with E-state index in [9.17, 15) is 0 Å². The number of thiophene rings is 1. The monoisotopic (exact) mass is 258 g/mol. The molecule has 94 valence electrons. The Bertz CT molecular complexity index is 565. The van der Waals surface area contributed by atoms with Crippen LogP contribution in [-0.4, -0.2) is 11.0 Å². The van der Waals surface area contributed by atoms with Crippen molar-refractivity contribution in [3.63, 3.8) is 0 Å². The molecule has 0 saturated heterocycles. The normalized spacial score (nSPS) is 14.6. The largest absolute Gasteiger partial charge is 0.297 e. The highest BCUT2D eigenvalue weighted by Crippen LogP contribution is 2.23. The number of nitrogens with zero attached hydrogens (tertiary/aromatic N) is 1. The molecule has 2 nitrogen and oxygen atoms in total. The molecule has 1 N–H and O–H groups in total. The number of hydrogen-bond donors (Lipinski definition) is 1. The van der Waals surface area contributed by atoms with Crippen LogP contribution in [0, 0.1) is 18.3 Å². The lowest BCUT2D eigenvalue weighted by atomic mass is 10.0. The van der Waals surface area contributed by atoms with Crippen LogP contribution in [0.25, 0.3) is 10.2 Å². The summed E-state index contributed by atoms with van der Waals surface area (Å²) in [5.74, 6) is 3.23. The van der Waals surface area contributed by atoms with Gasteiger partial charge in [0.1, 0.15) is 0 Å². The van der Waals surface area contributed by atoms with Crippen molar-refractivity contribution >= 4 is 21.6 Å². The van der Waals surface area contributed by atoms with Crippen molar-refractivity contribution < 1.29 is 0 Å². The van der Waals surface area contributed by atoms with Crippen molar-refractivity contribution in [2.75, 3.05) is 0 Å². The van der Waals surface area contributed by atoms with Gasteiger partial charge in [0.2, 0.25) is 0 Å². The van der Waals surface area contributed by atoms with Gasteiger partial charge in [0.05, 0.1) is 16.3 Å². The van der Waals surface area contributed by atoms with E-state index in [2.05, 4.69) is 48.4 Å². The van der Waals surface area contributed by atoms with Gasteiger partial charge in [0.25, 0.3) is 0 Å². The molecule has 18 heavy (non-hydrogen) atoms. The van der Waals surface area contributed by atoms with E-state index >= 15 is 0 Å². The van der Waals surface area contributed by atoms with Crippen molar-refractivity contribution in [3.8, 4) is 12.3 Å². The third kappa shape index (κ3) is 2.72. The molecule has 0 amide bonds. The van der Waals surface area contributed by atoms with E-state index < -0.39 is 0 Å². The second-order valence-electron chi connectivity index (χ2n) is 4.85. The average molecular weight is 258 g/mol. The van der Waals surface area contributed by atoms with Crippen LogP contribution >= 0.6 is 11.3 Å². The molecule has 0 radical (unpaired) electrons. The van der Waals surface area contributed by atoms with E-state index in [1.54, 1.807) is 11.3 Å². The summed E-state index contributed by atoms with van der Waals surface area (Å²) in [6, 6.07) is 4.55. The van der Waals surface area contributed by atoms with E-state index in [1.807, 2.05) is 12.3 Å². The van der Waals surface area contributed by atoms with Crippen LogP contribution in [0.2, 0.25) is 0 Å². The molecule has 3 heteroatoms. The van der Waals surface area contributed by atoms with Gasteiger partial charge < -0.3 is 0 Å². The van der Waals surface area contributed by atoms with Crippen molar-refractivity contribution in [1.29, 1.82) is 0 Å². The zero-order chi connectivity index (χ0) is 13.1. The molecular formula is C15H18N2S. The molecule has 2 rings (SSSR count). The Labute approximate surface area is 112 Å². The van der Waals surface area contributed by atoms with E-state index in [4.69, 9.17) is 6.42 Å². The van der Waals surface area contributed by atoms with Crippen molar-refractivity contribution in [2.45, 2.75) is 32.9 Å². The first kappa shape index (κ1) is 13.1. The van der Waals surface area contributed by atoms with Crippen LogP contribution in [0.1, 0.15) is 32.4 Å². The number of aromatic nitrogens is 1. The van der Waals surface area contributed by atoms with Gasteiger partial charge in [-0.15, -0.1) is 17.8 Å². The predicted octanol–water partition coefficient (Wildman–Crippen LogP) is 3.60. The standard InChI is InChI=1S/C15H18N2S/c1-5-13(10(2)3)17-11(4)12-8-15-14(16-9-12)6-7-18-15/h1,6-11,13,17H,2-4H3. The van der Waals surface area contributed by atoms with E-state index in [1.165, 1.54) is 10.3 Å². The lowest BCUT2D eigenvalue weighted by molar-refractivity contribution is 0.431. The fraction of sp³-hybridized carbons (Fsp3) is 0.400. The molecule has 0 spiro atoms. The quantitative estimate of drug-likeness (QED) is 0.847. The van der Waals surface area contributed by atoms with Gasteiger partial charge in [-0.25, -0.2) is 0 Å². The Kier molecular flexibility index (Phi) is 4.00. The maximum atomic E-state index is 5.55. The maximum Gasteiger partial charge on any atom is 0.0809 e. The minimum absolute atomic E-state index is 0.0963. The van der Waals surface area contributed by atoms with Crippen LogP contribution in [-0.2, 0) is 0 Å². The molecule has 0 aromatic carbocycles. The highest BCUT2D eigenvalue weighted by Gasteiger charge is 2.15. The first-order chi connectivity index (χ1) is 8.61. The fourth-order valence-corrected chi connectivity index (χ4v) is 2.69. The van der Waals surface area contributed by atoms with E-state index in [-0.39, 0.29) is 12.1 Å². The smallest absolute Gasteiger partial charge is 0.0809 e. The van der Waals surface area contributed by atoms with Crippen LogP contribution in [0.5, 0.6) is 0 Å². The van der Waals surface area contributed by atoms with Gasteiger partial charge in [-0.05, 0) is 35.9 Å². The zero-order valence-corrected chi connectivity index (χ0v) is 11.8. The summed E-state index contributed by atoms with van der Waals surface area (Å²) in [6.45, 7) is 6.39. The Hall–Kier alpha value is -1.37. The third-order valence-corrected chi connectivity index (χ3v) is 3.95. The topological polar surface area (TPSA) is 24.9 Å². The second-order valence-corrected chi connectivity index (χ2v) is 5.80. The first-order valence-electron chi connectivity index (χ1n) is 6.17. The zero-order valence-electron chi connectivity index (χ0n) is 11.0. The van der Waals surface area contributed by atoms with Crippen molar-refractivity contribution in [3.05, 3.63) is 29.3 Å². The molecule has 0 bridgehead atoms.